The summed E-state index contributed by atoms with van der Waals surface area (Å²) in [6, 6.07) is 17.6. The Balaban J connectivity index is 1.15. The molecule has 3 aromatic rings. The van der Waals surface area contributed by atoms with Gasteiger partial charge < -0.3 is 9.47 Å². The van der Waals surface area contributed by atoms with E-state index in [1.807, 2.05) is 24.3 Å². The number of hydrogen-bond acceptors (Lipinski definition) is 4. The number of rotatable bonds is 14. The lowest BCUT2D eigenvalue weighted by Crippen LogP contribution is -2.20. The number of hydrogen-bond donors (Lipinski definition) is 0. The van der Waals surface area contributed by atoms with Gasteiger partial charge >= 0.3 is 0 Å². The molecule has 0 saturated heterocycles. The predicted molar refractivity (Wildman–Crippen MR) is 150 cm³/mol. The normalized spacial score (nSPS) is 17.2. The summed E-state index contributed by atoms with van der Waals surface area (Å²) in [4.78, 5) is 10.8. The van der Waals surface area contributed by atoms with Gasteiger partial charge in [-0.1, -0.05) is 42.8 Å². The summed E-state index contributed by atoms with van der Waals surface area (Å²) in [6.45, 7) is 5.47. The van der Waals surface area contributed by atoms with Crippen molar-refractivity contribution in [2.45, 2.75) is 77.9 Å². The van der Waals surface area contributed by atoms with E-state index in [1.54, 1.807) is 24.3 Å². The first-order chi connectivity index (χ1) is 19.0. The molecule has 0 aliphatic heterocycles. The Morgan fingerprint density at radius 3 is 2.03 bits per heavy atom. The van der Waals surface area contributed by atoms with Crippen LogP contribution in [0, 0.1) is 24.5 Å². The summed E-state index contributed by atoms with van der Waals surface area (Å²) in [7, 11) is 0. The summed E-state index contributed by atoms with van der Waals surface area (Å²) < 4.78 is 40.7. The zero-order valence-electron chi connectivity index (χ0n) is 23.1. The Morgan fingerprint density at radius 2 is 1.36 bits per heavy atom. The van der Waals surface area contributed by atoms with E-state index in [9.17, 15) is 8.78 Å². The van der Waals surface area contributed by atoms with E-state index >= 15 is 0 Å². The van der Waals surface area contributed by atoms with Crippen LogP contribution >= 0.6 is 0 Å². The molecule has 0 spiro atoms. The van der Waals surface area contributed by atoms with Crippen molar-refractivity contribution in [3.05, 3.63) is 83.4 Å². The molecule has 39 heavy (non-hydrogen) atoms. The van der Waals surface area contributed by atoms with E-state index in [1.165, 1.54) is 17.7 Å². The first-order valence-electron chi connectivity index (χ1n) is 14.2. The molecule has 0 radical (unpaired) electrons. The fourth-order valence-electron chi connectivity index (χ4n) is 4.73. The zero-order chi connectivity index (χ0) is 27.5. The van der Waals surface area contributed by atoms with Gasteiger partial charge in [0.1, 0.15) is 18.2 Å². The van der Waals surface area contributed by atoms with Gasteiger partial charge in [-0.2, -0.15) is 0 Å². The minimum Gasteiger partial charge on any atom is -0.494 e. The van der Waals surface area contributed by atoms with Crippen molar-refractivity contribution >= 4 is 0 Å². The third-order valence-electron chi connectivity index (χ3n) is 7.29. The average Bonchev–Trinajstić information content (AvgIpc) is 2.94. The van der Waals surface area contributed by atoms with Crippen molar-refractivity contribution in [2.24, 2.45) is 5.92 Å². The van der Waals surface area contributed by atoms with E-state index in [2.05, 4.69) is 13.8 Å². The van der Waals surface area contributed by atoms with Crippen molar-refractivity contribution in [2.75, 3.05) is 13.2 Å². The summed E-state index contributed by atoms with van der Waals surface area (Å²) in [6.07, 6.45) is 8.08. The van der Waals surface area contributed by atoms with Gasteiger partial charge in [0.15, 0.2) is 11.6 Å². The van der Waals surface area contributed by atoms with Crippen LogP contribution in [0.5, 0.6) is 11.5 Å². The Bertz CT molecular complexity index is 1160. The van der Waals surface area contributed by atoms with Crippen LogP contribution < -0.4 is 9.47 Å². The second kappa shape index (κ2) is 15.0. The molecule has 0 heterocycles. The van der Waals surface area contributed by atoms with Crippen molar-refractivity contribution in [3.8, 4) is 22.6 Å². The van der Waals surface area contributed by atoms with Crippen LogP contribution in [-0.4, -0.2) is 19.3 Å². The summed E-state index contributed by atoms with van der Waals surface area (Å²) >= 11 is 0. The highest BCUT2D eigenvalue weighted by molar-refractivity contribution is 5.65. The van der Waals surface area contributed by atoms with Gasteiger partial charge in [-0.3, -0.25) is 0 Å². The fraction of sp³-hybridized carbons (Fsp3) is 0.455. The standard InChI is InChI=1S/C33H40F2O4/c1-24-7-14-29(15-8-24)36-19-5-3-4-6-20-37-33-18-13-27(22-32(33)35)26-11-12-28(31(34)21-26)23-38-39-30-16-9-25(2)10-17-30/h7-8,11-15,18,21-22,25,30H,3-6,9-10,16-17,19-20,23H2,1-2H3. The van der Waals surface area contributed by atoms with Gasteiger partial charge in [0.25, 0.3) is 0 Å². The Hall–Kier alpha value is -2.96. The molecule has 0 unspecified atom stereocenters. The molecule has 210 valence electrons. The quantitative estimate of drug-likeness (QED) is 0.117. The highest BCUT2D eigenvalue weighted by atomic mass is 19.1. The lowest BCUT2D eigenvalue weighted by Gasteiger charge is -2.25. The maximum Gasteiger partial charge on any atom is 0.165 e. The number of benzene rings is 3. The lowest BCUT2D eigenvalue weighted by molar-refractivity contribution is -0.338. The zero-order valence-corrected chi connectivity index (χ0v) is 23.1. The SMILES string of the molecule is Cc1ccc(OCCCCCCOc2ccc(-c3ccc(COOC4CCC(C)CC4)c(F)c3)cc2F)cc1. The monoisotopic (exact) mass is 538 g/mol. The smallest absolute Gasteiger partial charge is 0.165 e. The molecule has 1 aliphatic carbocycles. The fourth-order valence-corrected chi connectivity index (χ4v) is 4.73. The molecule has 1 aliphatic rings. The van der Waals surface area contributed by atoms with Crippen LogP contribution in [0.25, 0.3) is 11.1 Å². The van der Waals surface area contributed by atoms with Crippen molar-refractivity contribution in [1.82, 2.24) is 0 Å². The topological polar surface area (TPSA) is 36.9 Å². The van der Waals surface area contributed by atoms with E-state index < -0.39 is 11.6 Å². The molecule has 0 bridgehead atoms. The Labute approximate surface area is 231 Å². The summed E-state index contributed by atoms with van der Waals surface area (Å²) in [5, 5.41) is 0. The molecule has 4 rings (SSSR count). The number of halogens is 2. The largest absolute Gasteiger partial charge is 0.494 e. The predicted octanol–water partition coefficient (Wildman–Crippen LogP) is 8.99. The summed E-state index contributed by atoms with van der Waals surface area (Å²) in [5.41, 5.74) is 2.81. The number of ether oxygens (including phenoxy) is 2. The maximum atomic E-state index is 14.7. The third kappa shape index (κ3) is 9.33. The van der Waals surface area contributed by atoms with Gasteiger partial charge in [-0.05, 0) is 106 Å². The van der Waals surface area contributed by atoms with Crippen LogP contribution in [0.1, 0.15) is 69.4 Å². The number of aryl methyl sites for hydroxylation is 1. The molecule has 1 saturated carbocycles. The Morgan fingerprint density at radius 1 is 0.718 bits per heavy atom. The average molecular weight is 539 g/mol. The highest BCUT2D eigenvalue weighted by Crippen LogP contribution is 2.29. The van der Waals surface area contributed by atoms with Gasteiger partial charge in [-0.15, -0.1) is 0 Å². The van der Waals surface area contributed by atoms with Crippen LogP contribution in [0.15, 0.2) is 60.7 Å². The molecule has 0 atom stereocenters. The summed E-state index contributed by atoms with van der Waals surface area (Å²) in [5.74, 6) is 0.970. The van der Waals surface area contributed by atoms with Gasteiger partial charge in [-0.25, -0.2) is 18.6 Å². The molecular weight excluding hydrogens is 498 g/mol. The van der Waals surface area contributed by atoms with Crippen molar-refractivity contribution in [1.29, 1.82) is 0 Å². The number of unbranched alkanes of at least 4 members (excludes halogenated alkanes) is 3. The van der Waals surface area contributed by atoms with E-state index in [0.717, 1.165) is 63.0 Å². The molecule has 6 heteroatoms. The van der Waals surface area contributed by atoms with Crippen molar-refractivity contribution in [3.63, 3.8) is 0 Å². The van der Waals surface area contributed by atoms with Crippen molar-refractivity contribution < 1.29 is 28.0 Å². The molecule has 4 nitrogen and oxygen atoms in total. The van der Waals surface area contributed by atoms with Crippen LogP contribution in [0.4, 0.5) is 8.78 Å². The van der Waals surface area contributed by atoms with E-state index in [4.69, 9.17) is 19.2 Å². The molecule has 0 aromatic heterocycles. The van der Waals surface area contributed by atoms with Gasteiger partial charge in [0, 0.05) is 5.56 Å². The molecular formula is C33H40F2O4. The van der Waals surface area contributed by atoms with Gasteiger partial charge in [0.05, 0.1) is 19.3 Å². The first-order valence-corrected chi connectivity index (χ1v) is 14.2. The lowest BCUT2D eigenvalue weighted by atomic mass is 9.89. The van der Waals surface area contributed by atoms with Crippen LogP contribution in [0.2, 0.25) is 0 Å². The third-order valence-corrected chi connectivity index (χ3v) is 7.29. The minimum absolute atomic E-state index is 0.0408. The second-order valence-electron chi connectivity index (χ2n) is 10.6. The van der Waals surface area contributed by atoms with Crippen LogP contribution in [-0.2, 0) is 16.4 Å². The van der Waals surface area contributed by atoms with Crippen LogP contribution in [0.3, 0.4) is 0 Å². The molecule has 0 amide bonds. The minimum atomic E-state index is -0.456. The maximum absolute atomic E-state index is 14.7. The Kier molecular flexibility index (Phi) is 11.2. The molecule has 3 aromatic carbocycles. The molecule has 0 N–H and O–H groups in total. The first kappa shape index (κ1) is 29.0. The highest BCUT2D eigenvalue weighted by Gasteiger charge is 2.19. The van der Waals surface area contributed by atoms with E-state index in [-0.39, 0.29) is 18.5 Å². The van der Waals surface area contributed by atoms with Gasteiger partial charge in [0.2, 0.25) is 0 Å². The molecule has 1 fully saturated rings. The second-order valence-corrected chi connectivity index (χ2v) is 10.6. The van der Waals surface area contributed by atoms with E-state index in [0.29, 0.717) is 29.9 Å².